The van der Waals surface area contributed by atoms with Crippen LogP contribution in [0.1, 0.15) is 5.82 Å². The third kappa shape index (κ3) is 2.89. The van der Waals surface area contributed by atoms with Crippen LogP contribution in [0.25, 0.3) is 0 Å². The van der Waals surface area contributed by atoms with Gasteiger partial charge in [0.2, 0.25) is 5.82 Å². The van der Waals surface area contributed by atoms with Gasteiger partial charge in [-0.3, -0.25) is 0 Å². The number of aromatic nitrogens is 2. The molecule has 0 spiro atoms. The van der Waals surface area contributed by atoms with Crippen molar-refractivity contribution in [2.45, 2.75) is 15.4 Å². The molecule has 8 heteroatoms. The van der Waals surface area contributed by atoms with E-state index in [1.165, 1.54) is 6.07 Å². The summed E-state index contributed by atoms with van der Waals surface area (Å²) in [5.74, 6) is -1.15. The molecule has 1 heterocycles. The number of benzene rings is 1. The van der Waals surface area contributed by atoms with Crippen molar-refractivity contribution < 1.29 is 18.3 Å². The smallest absolute Gasteiger partial charge is 0.452 e. The van der Waals surface area contributed by atoms with E-state index in [-0.39, 0.29) is 10.1 Å². The highest BCUT2D eigenvalue weighted by molar-refractivity contribution is 8.01. The van der Waals surface area contributed by atoms with Crippen LogP contribution >= 0.6 is 23.3 Å². The first-order valence-corrected chi connectivity index (χ1v) is 5.92. The summed E-state index contributed by atoms with van der Waals surface area (Å²) in [6.45, 7) is 0. The summed E-state index contributed by atoms with van der Waals surface area (Å²) >= 11 is 1.60. The lowest BCUT2D eigenvalue weighted by atomic mass is 10.3. The van der Waals surface area contributed by atoms with E-state index < -0.39 is 12.0 Å². The van der Waals surface area contributed by atoms with Crippen LogP contribution in [-0.2, 0) is 6.18 Å². The fraction of sp³-hybridized carbons (Fsp3) is 0.111. The van der Waals surface area contributed by atoms with Gasteiger partial charge in [0.1, 0.15) is 5.75 Å². The van der Waals surface area contributed by atoms with Gasteiger partial charge in [-0.15, -0.1) is 0 Å². The third-order valence-corrected chi connectivity index (χ3v) is 3.54. The minimum absolute atomic E-state index is 0.00117. The van der Waals surface area contributed by atoms with Crippen LogP contribution in [0.2, 0.25) is 0 Å². The Kier molecular flexibility index (Phi) is 3.25. The number of aromatic hydroxyl groups is 1. The summed E-state index contributed by atoms with van der Waals surface area (Å²) in [5.41, 5.74) is 0. The van der Waals surface area contributed by atoms with Crippen molar-refractivity contribution in [3.8, 4) is 5.75 Å². The van der Waals surface area contributed by atoms with E-state index in [1.54, 1.807) is 18.2 Å². The molecule has 0 unspecified atom stereocenters. The number of halogens is 3. The molecule has 17 heavy (non-hydrogen) atoms. The van der Waals surface area contributed by atoms with Crippen molar-refractivity contribution >= 4 is 23.3 Å². The van der Waals surface area contributed by atoms with Gasteiger partial charge in [-0.1, -0.05) is 23.9 Å². The minimum atomic E-state index is -4.53. The number of nitrogens with zero attached hydrogens (tertiary/aromatic N) is 2. The van der Waals surface area contributed by atoms with Gasteiger partial charge in [0.25, 0.3) is 0 Å². The molecule has 0 atom stereocenters. The number of phenolic OH excluding ortho intramolecular Hbond substituents is 1. The lowest BCUT2D eigenvalue weighted by Gasteiger charge is -2.00. The average Bonchev–Trinajstić information content (AvgIpc) is 2.69. The Morgan fingerprint density at radius 3 is 2.53 bits per heavy atom. The lowest BCUT2D eigenvalue weighted by molar-refractivity contribution is -0.144. The predicted molar refractivity (Wildman–Crippen MR) is 57.1 cm³/mol. The van der Waals surface area contributed by atoms with Gasteiger partial charge in [0, 0.05) is 0 Å². The Balaban J connectivity index is 2.21. The number of hydrogen-bond donors (Lipinski definition) is 1. The van der Waals surface area contributed by atoms with Crippen molar-refractivity contribution in [2.24, 2.45) is 0 Å². The van der Waals surface area contributed by atoms with Gasteiger partial charge in [-0.25, -0.2) is 4.98 Å². The first-order valence-electron chi connectivity index (χ1n) is 4.33. The van der Waals surface area contributed by atoms with Crippen molar-refractivity contribution in [3.63, 3.8) is 0 Å². The van der Waals surface area contributed by atoms with Gasteiger partial charge in [-0.2, -0.15) is 17.5 Å². The quantitative estimate of drug-likeness (QED) is 0.914. The number of phenols is 1. The van der Waals surface area contributed by atoms with E-state index in [0.29, 0.717) is 16.4 Å². The second-order valence-electron chi connectivity index (χ2n) is 2.95. The van der Waals surface area contributed by atoms with Crippen LogP contribution in [0.5, 0.6) is 5.75 Å². The molecular formula is C9H5F3N2OS2. The van der Waals surface area contributed by atoms with E-state index in [9.17, 15) is 18.3 Å². The Bertz CT molecular complexity index is 527. The second-order valence-corrected chi connectivity index (χ2v) is 4.99. The normalized spacial score (nSPS) is 11.7. The molecular weight excluding hydrogens is 273 g/mol. The average molecular weight is 278 g/mol. The van der Waals surface area contributed by atoms with Gasteiger partial charge in [-0.05, 0) is 23.7 Å². The zero-order valence-corrected chi connectivity index (χ0v) is 9.73. The molecule has 0 aliphatic heterocycles. The number of rotatable bonds is 2. The molecule has 0 fully saturated rings. The van der Waals surface area contributed by atoms with Crippen LogP contribution in [0.3, 0.4) is 0 Å². The van der Waals surface area contributed by atoms with Gasteiger partial charge < -0.3 is 5.11 Å². The monoisotopic (exact) mass is 278 g/mol. The zero-order valence-electron chi connectivity index (χ0n) is 8.10. The van der Waals surface area contributed by atoms with E-state index in [4.69, 9.17) is 0 Å². The molecule has 0 radical (unpaired) electrons. The number of hydrogen-bond acceptors (Lipinski definition) is 5. The fourth-order valence-corrected chi connectivity index (χ4v) is 2.61. The summed E-state index contributed by atoms with van der Waals surface area (Å²) in [6, 6.07) is 6.34. The summed E-state index contributed by atoms with van der Waals surface area (Å²) < 4.78 is 40.1. The fourth-order valence-electron chi connectivity index (χ4n) is 1.00. The predicted octanol–water partition coefficient (Wildman–Crippen LogP) is 3.41. The molecule has 90 valence electrons. The summed E-state index contributed by atoms with van der Waals surface area (Å²) in [5, 5.41) is 9.45. The number of alkyl halides is 3. The van der Waals surface area contributed by atoms with Crippen LogP contribution < -0.4 is 0 Å². The van der Waals surface area contributed by atoms with Crippen LogP contribution in [0.15, 0.2) is 33.5 Å². The molecule has 2 rings (SSSR count). The standard InChI is InChI=1S/C9H5F3N2OS2/c10-9(11,12)7-13-8(17-14-7)16-6-4-2-1-3-5(6)15/h1-4,15H. The summed E-state index contributed by atoms with van der Waals surface area (Å²) in [6.07, 6.45) is -4.53. The number of para-hydroxylation sites is 1. The molecule has 0 amide bonds. The largest absolute Gasteiger partial charge is 0.507 e. The molecule has 1 aromatic heterocycles. The van der Waals surface area contributed by atoms with E-state index in [2.05, 4.69) is 9.36 Å². The maximum atomic E-state index is 12.2. The molecule has 2 aromatic rings. The summed E-state index contributed by atoms with van der Waals surface area (Å²) in [4.78, 5) is 3.79. The van der Waals surface area contributed by atoms with Gasteiger partial charge in [0.15, 0.2) is 4.34 Å². The van der Waals surface area contributed by atoms with Gasteiger partial charge in [0.05, 0.1) is 4.90 Å². The molecule has 1 N–H and O–H groups in total. The Hall–Kier alpha value is -1.28. The van der Waals surface area contributed by atoms with Crippen LogP contribution in [0.4, 0.5) is 13.2 Å². The molecule has 0 aliphatic rings. The lowest BCUT2D eigenvalue weighted by Crippen LogP contribution is -2.06. The minimum Gasteiger partial charge on any atom is -0.507 e. The topological polar surface area (TPSA) is 46.0 Å². The highest BCUT2D eigenvalue weighted by atomic mass is 32.2. The molecule has 0 aliphatic carbocycles. The Labute approximate surface area is 102 Å². The molecule has 0 bridgehead atoms. The first-order chi connectivity index (χ1) is 7.97. The van der Waals surface area contributed by atoms with Crippen LogP contribution in [-0.4, -0.2) is 14.5 Å². The summed E-state index contributed by atoms with van der Waals surface area (Å²) in [7, 11) is 0. The molecule has 0 saturated carbocycles. The second kappa shape index (κ2) is 4.53. The molecule has 0 saturated heterocycles. The highest BCUT2D eigenvalue weighted by Crippen LogP contribution is 2.37. The zero-order chi connectivity index (χ0) is 12.5. The molecule has 3 nitrogen and oxygen atoms in total. The van der Waals surface area contributed by atoms with Crippen LogP contribution in [0, 0.1) is 0 Å². The Morgan fingerprint density at radius 2 is 1.94 bits per heavy atom. The SMILES string of the molecule is Oc1ccccc1Sc1nc(C(F)(F)F)ns1. The van der Waals surface area contributed by atoms with Crippen molar-refractivity contribution in [3.05, 3.63) is 30.1 Å². The molecule has 1 aromatic carbocycles. The van der Waals surface area contributed by atoms with Crippen molar-refractivity contribution in [1.82, 2.24) is 9.36 Å². The van der Waals surface area contributed by atoms with Crippen molar-refractivity contribution in [1.29, 1.82) is 0 Å². The van der Waals surface area contributed by atoms with E-state index in [1.807, 2.05) is 0 Å². The Morgan fingerprint density at radius 1 is 1.24 bits per heavy atom. The maximum Gasteiger partial charge on any atom is 0.452 e. The van der Waals surface area contributed by atoms with E-state index >= 15 is 0 Å². The van der Waals surface area contributed by atoms with Crippen molar-refractivity contribution in [2.75, 3.05) is 0 Å². The third-order valence-electron chi connectivity index (χ3n) is 1.72. The highest BCUT2D eigenvalue weighted by Gasteiger charge is 2.36. The maximum absolute atomic E-state index is 12.2. The van der Waals surface area contributed by atoms with E-state index in [0.717, 1.165) is 11.8 Å². The first kappa shape index (κ1) is 12.2. The van der Waals surface area contributed by atoms with Gasteiger partial charge >= 0.3 is 6.18 Å².